The van der Waals surface area contributed by atoms with Crippen molar-refractivity contribution in [2.75, 3.05) is 26.9 Å². The van der Waals surface area contributed by atoms with Gasteiger partial charge >= 0.3 is 5.97 Å². The molecule has 1 aromatic carbocycles. The summed E-state index contributed by atoms with van der Waals surface area (Å²) in [5, 5.41) is 11.6. The van der Waals surface area contributed by atoms with Gasteiger partial charge in [0.25, 0.3) is 5.91 Å². The summed E-state index contributed by atoms with van der Waals surface area (Å²) in [5.41, 5.74) is 0.910. The number of benzene rings is 1. The number of rotatable bonds is 8. The van der Waals surface area contributed by atoms with Crippen LogP contribution in [0.5, 0.6) is 5.75 Å². The van der Waals surface area contributed by atoms with Crippen molar-refractivity contribution >= 4 is 11.9 Å². The number of amides is 1. The molecule has 0 saturated heterocycles. The number of aromatic carboxylic acids is 1. The van der Waals surface area contributed by atoms with Crippen molar-refractivity contribution in [3.63, 3.8) is 0 Å². The van der Waals surface area contributed by atoms with Gasteiger partial charge in [0.2, 0.25) is 0 Å². The third-order valence-electron chi connectivity index (χ3n) is 2.64. The molecule has 0 atom stereocenters. The van der Waals surface area contributed by atoms with Crippen molar-refractivity contribution in [3.05, 3.63) is 29.3 Å². The molecule has 0 aliphatic rings. The molecule has 0 radical (unpaired) electrons. The number of aryl methyl sites for hydroxylation is 1. The highest BCUT2D eigenvalue weighted by Gasteiger charge is 2.08. The van der Waals surface area contributed by atoms with E-state index in [1.807, 2.05) is 0 Å². The predicted octanol–water partition coefficient (Wildman–Crippen LogP) is 1.22. The zero-order valence-corrected chi connectivity index (χ0v) is 11.6. The van der Waals surface area contributed by atoms with Gasteiger partial charge in [0.15, 0.2) is 6.61 Å². The van der Waals surface area contributed by atoms with Crippen molar-refractivity contribution in [2.24, 2.45) is 0 Å². The number of carbonyl (C=O) groups is 2. The summed E-state index contributed by atoms with van der Waals surface area (Å²) in [6.45, 7) is 2.75. The lowest BCUT2D eigenvalue weighted by atomic mass is 10.1. The monoisotopic (exact) mass is 281 g/mol. The van der Waals surface area contributed by atoms with Crippen LogP contribution in [0.3, 0.4) is 0 Å². The van der Waals surface area contributed by atoms with E-state index in [1.165, 1.54) is 12.1 Å². The van der Waals surface area contributed by atoms with Gasteiger partial charge in [-0.2, -0.15) is 0 Å². The Bertz CT molecular complexity index is 473. The topological polar surface area (TPSA) is 84.9 Å². The zero-order valence-electron chi connectivity index (χ0n) is 11.6. The lowest BCUT2D eigenvalue weighted by Gasteiger charge is -2.10. The molecule has 0 heterocycles. The smallest absolute Gasteiger partial charge is 0.335 e. The summed E-state index contributed by atoms with van der Waals surface area (Å²) in [6, 6.07) is 4.56. The Labute approximate surface area is 117 Å². The highest BCUT2D eigenvalue weighted by Crippen LogP contribution is 2.19. The van der Waals surface area contributed by atoms with Crippen LogP contribution in [0.4, 0.5) is 0 Å². The average molecular weight is 281 g/mol. The molecule has 6 nitrogen and oxygen atoms in total. The van der Waals surface area contributed by atoms with Crippen molar-refractivity contribution in [1.82, 2.24) is 5.32 Å². The molecule has 20 heavy (non-hydrogen) atoms. The highest BCUT2D eigenvalue weighted by molar-refractivity contribution is 5.88. The van der Waals surface area contributed by atoms with Crippen molar-refractivity contribution in [1.29, 1.82) is 0 Å². The number of methoxy groups -OCH3 is 1. The van der Waals surface area contributed by atoms with Gasteiger partial charge in [0.1, 0.15) is 5.75 Å². The number of nitrogens with one attached hydrogen (secondary N) is 1. The van der Waals surface area contributed by atoms with Gasteiger partial charge in [-0.05, 0) is 31.0 Å². The SMILES string of the molecule is COCCCNC(=O)COc1cc(C(=O)O)ccc1C. The van der Waals surface area contributed by atoms with E-state index in [0.717, 1.165) is 12.0 Å². The van der Waals surface area contributed by atoms with E-state index in [2.05, 4.69) is 5.32 Å². The standard InChI is InChI=1S/C14H19NO5/c1-10-4-5-11(14(17)18)8-12(10)20-9-13(16)15-6-3-7-19-2/h4-5,8H,3,6-7,9H2,1-2H3,(H,15,16)(H,17,18). The molecule has 2 N–H and O–H groups in total. The van der Waals surface area contributed by atoms with Crippen LogP contribution < -0.4 is 10.1 Å². The van der Waals surface area contributed by atoms with E-state index in [-0.39, 0.29) is 18.1 Å². The molecule has 110 valence electrons. The van der Waals surface area contributed by atoms with Gasteiger partial charge in [-0.25, -0.2) is 4.79 Å². The van der Waals surface area contributed by atoms with E-state index in [1.54, 1.807) is 20.1 Å². The Morgan fingerprint density at radius 3 is 2.75 bits per heavy atom. The maximum atomic E-state index is 11.5. The van der Waals surface area contributed by atoms with Gasteiger partial charge in [0, 0.05) is 20.3 Å². The first-order valence-corrected chi connectivity index (χ1v) is 6.27. The van der Waals surface area contributed by atoms with E-state index in [4.69, 9.17) is 14.6 Å². The Kier molecular flexibility index (Phi) is 6.52. The van der Waals surface area contributed by atoms with Gasteiger partial charge in [-0.1, -0.05) is 6.07 Å². The zero-order chi connectivity index (χ0) is 15.0. The second-order valence-corrected chi connectivity index (χ2v) is 4.27. The summed E-state index contributed by atoms with van der Waals surface area (Å²) in [7, 11) is 1.60. The van der Waals surface area contributed by atoms with Crippen LogP contribution in [0.1, 0.15) is 22.3 Å². The molecule has 6 heteroatoms. The number of hydrogen-bond donors (Lipinski definition) is 2. The van der Waals surface area contributed by atoms with Gasteiger partial charge < -0.3 is 19.9 Å². The molecule has 1 aromatic rings. The third-order valence-corrected chi connectivity index (χ3v) is 2.64. The number of carboxylic acid groups (broad SMARTS) is 1. The minimum Gasteiger partial charge on any atom is -0.483 e. The summed E-state index contributed by atoms with van der Waals surface area (Å²) in [6.07, 6.45) is 0.732. The first-order valence-electron chi connectivity index (χ1n) is 6.27. The van der Waals surface area contributed by atoms with Crippen molar-refractivity contribution in [3.8, 4) is 5.75 Å². The highest BCUT2D eigenvalue weighted by atomic mass is 16.5. The van der Waals surface area contributed by atoms with Crippen LogP contribution >= 0.6 is 0 Å². The van der Waals surface area contributed by atoms with Crippen molar-refractivity contribution < 1.29 is 24.2 Å². The normalized spacial score (nSPS) is 10.1. The lowest BCUT2D eigenvalue weighted by Crippen LogP contribution is -2.30. The third kappa shape index (κ3) is 5.27. The van der Waals surface area contributed by atoms with E-state index in [0.29, 0.717) is 18.9 Å². The molecule has 0 saturated carbocycles. The maximum absolute atomic E-state index is 11.5. The number of hydrogen-bond acceptors (Lipinski definition) is 4. The average Bonchev–Trinajstić information content (AvgIpc) is 2.42. The van der Waals surface area contributed by atoms with Crippen LogP contribution in [-0.4, -0.2) is 43.9 Å². The molecule has 0 spiro atoms. The fourth-order valence-corrected chi connectivity index (χ4v) is 1.53. The minimum absolute atomic E-state index is 0.131. The van der Waals surface area contributed by atoms with Crippen LogP contribution in [-0.2, 0) is 9.53 Å². The molecule has 0 aromatic heterocycles. The second-order valence-electron chi connectivity index (χ2n) is 4.27. The minimum atomic E-state index is -1.03. The second kappa shape index (κ2) is 8.16. The Morgan fingerprint density at radius 2 is 2.10 bits per heavy atom. The Hall–Kier alpha value is -2.08. The molecule has 0 aliphatic heterocycles. The van der Waals surface area contributed by atoms with Gasteiger partial charge in [0.05, 0.1) is 5.56 Å². The molecule has 0 bridgehead atoms. The Balaban J connectivity index is 2.46. The lowest BCUT2D eigenvalue weighted by molar-refractivity contribution is -0.123. The fraction of sp³-hybridized carbons (Fsp3) is 0.429. The molecule has 1 amide bonds. The predicted molar refractivity (Wildman–Crippen MR) is 73.1 cm³/mol. The first kappa shape index (κ1) is 16.0. The summed E-state index contributed by atoms with van der Waals surface area (Å²) in [4.78, 5) is 22.4. The van der Waals surface area contributed by atoms with Crippen LogP contribution in [0.15, 0.2) is 18.2 Å². The Morgan fingerprint density at radius 1 is 1.35 bits per heavy atom. The molecular weight excluding hydrogens is 262 g/mol. The van der Waals surface area contributed by atoms with Gasteiger partial charge in [-0.3, -0.25) is 4.79 Å². The number of carboxylic acids is 1. The van der Waals surface area contributed by atoms with E-state index < -0.39 is 5.97 Å². The van der Waals surface area contributed by atoms with Crippen LogP contribution in [0.25, 0.3) is 0 Å². The molecule has 0 unspecified atom stereocenters. The number of carbonyl (C=O) groups excluding carboxylic acids is 1. The largest absolute Gasteiger partial charge is 0.483 e. The quantitative estimate of drug-likeness (QED) is 0.700. The van der Waals surface area contributed by atoms with E-state index >= 15 is 0 Å². The maximum Gasteiger partial charge on any atom is 0.335 e. The van der Waals surface area contributed by atoms with E-state index in [9.17, 15) is 9.59 Å². The number of ether oxygens (including phenoxy) is 2. The van der Waals surface area contributed by atoms with Crippen LogP contribution in [0.2, 0.25) is 0 Å². The van der Waals surface area contributed by atoms with Crippen LogP contribution in [0, 0.1) is 6.92 Å². The summed E-state index contributed by atoms with van der Waals surface area (Å²) >= 11 is 0. The summed E-state index contributed by atoms with van der Waals surface area (Å²) < 4.78 is 10.2. The molecule has 0 aliphatic carbocycles. The molecule has 0 fully saturated rings. The van der Waals surface area contributed by atoms with Crippen molar-refractivity contribution in [2.45, 2.75) is 13.3 Å². The molecule has 1 rings (SSSR count). The fourth-order valence-electron chi connectivity index (χ4n) is 1.53. The van der Waals surface area contributed by atoms with Gasteiger partial charge in [-0.15, -0.1) is 0 Å². The summed E-state index contributed by atoms with van der Waals surface area (Å²) in [5.74, 6) is -0.878. The molecular formula is C14H19NO5. The first-order chi connectivity index (χ1) is 9.54.